The van der Waals surface area contributed by atoms with Gasteiger partial charge in [0.25, 0.3) is 5.56 Å². The van der Waals surface area contributed by atoms with Crippen LogP contribution in [0.3, 0.4) is 0 Å². The lowest BCUT2D eigenvalue weighted by Gasteiger charge is -2.07. The molecule has 0 saturated carbocycles. The standard InChI is InChI=1S/C13H10ClNO3/c14-11-3-1-2-9(6-11)7-15-8-10(13(17)18)4-5-12(15)16/h1-6,8H,7H2,(H,17,18). The van der Waals surface area contributed by atoms with Gasteiger partial charge in [0.2, 0.25) is 0 Å². The van der Waals surface area contributed by atoms with E-state index in [0.29, 0.717) is 11.6 Å². The molecule has 2 rings (SSSR count). The number of aromatic carboxylic acids is 1. The second-order valence-corrected chi connectivity index (χ2v) is 4.26. The molecule has 0 spiro atoms. The van der Waals surface area contributed by atoms with Gasteiger partial charge in [0.05, 0.1) is 12.1 Å². The Morgan fingerprint density at radius 2 is 2.06 bits per heavy atom. The molecule has 0 radical (unpaired) electrons. The maximum absolute atomic E-state index is 11.6. The van der Waals surface area contributed by atoms with Crippen LogP contribution in [-0.2, 0) is 6.54 Å². The molecule has 1 aromatic carbocycles. The van der Waals surface area contributed by atoms with E-state index in [1.54, 1.807) is 18.2 Å². The molecule has 0 amide bonds. The Kier molecular flexibility index (Phi) is 3.48. The SMILES string of the molecule is O=C(O)c1ccc(=O)n(Cc2cccc(Cl)c2)c1. The lowest BCUT2D eigenvalue weighted by molar-refractivity contribution is 0.0696. The molecule has 1 heterocycles. The fourth-order valence-electron chi connectivity index (χ4n) is 1.61. The Morgan fingerprint density at radius 3 is 2.72 bits per heavy atom. The summed E-state index contributed by atoms with van der Waals surface area (Å²) in [5.41, 5.74) is 0.670. The zero-order chi connectivity index (χ0) is 13.1. The Hall–Kier alpha value is -2.07. The van der Waals surface area contributed by atoms with Gasteiger partial charge in [-0.15, -0.1) is 0 Å². The molecule has 1 N–H and O–H groups in total. The number of halogens is 1. The van der Waals surface area contributed by atoms with Gasteiger partial charge in [-0.25, -0.2) is 4.79 Å². The number of nitrogens with zero attached hydrogens (tertiary/aromatic N) is 1. The van der Waals surface area contributed by atoms with Crippen LogP contribution in [0.5, 0.6) is 0 Å². The van der Waals surface area contributed by atoms with E-state index in [9.17, 15) is 9.59 Å². The van der Waals surface area contributed by atoms with Crippen molar-refractivity contribution in [2.45, 2.75) is 6.54 Å². The van der Waals surface area contributed by atoms with Crippen molar-refractivity contribution >= 4 is 17.6 Å². The van der Waals surface area contributed by atoms with Gasteiger partial charge in [-0.2, -0.15) is 0 Å². The molecule has 0 aliphatic heterocycles. The van der Waals surface area contributed by atoms with Crippen molar-refractivity contribution in [2.75, 3.05) is 0 Å². The summed E-state index contributed by atoms with van der Waals surface area (Å²) in [5, 5.41) is 9.45. The zero-order valence-electron chi connectivity index (χ0n) is 9.34. The molecule has 92 valence electrons. The van der Waals surface area contributed by atoms with Crippen LogP contribution in [-0.4, -0.2) is 15.6 Å². The first kappa shape index (κ1) is 12.4. The quantitative estimate of drug-likeness (QED) is 0.924. The fourth-order valence-corrected chi connectivity index (χ4v) is 1.83. The van der Waals surface area contributed by atoms with E-state index in [1.807, 2.05) is 6.07 Å². The van der Waals surface area contributed by atoms with Gasteiger partial charge in [-0.05, 0) is 23.8 Å². The predicted octanol–water partition coefficient (Wildman–Crippen LogP) is 2.25. The van der Waals surface area contributed by atoms with E-state index in [1.165, 1.54) is 22.9 Å². The second-order valence-electron chi connectivity index (χ2n) is 3.82. The maximum atomic E-state index is 11.6. The van der Waals surface area contributed by atoms with Crippen molar-refractivity contribution in [1.29, 1.82) is 0 Å². The molecule has 0 atom stereocenters. The van der Waals surface area contributed by atoms with Crippen LogP contribution < -0.4 is 5.56 Å². The summed E-state index contributed by atoms with van der Waals surface area (Å²) in [6.07, 6.45) is 1.32. The minimum Gasteiger partial charge on any atom is -0.478 e. The monoisotopic (exact) mass is 263 g/mol. The third-order valence-corrected chi connectivity index (χ3v) is 2.71. The Labute approximate surface area is 108 Å². The normalized spacial score (nSPS) is 10.3. The third kappa shape index (κ3) is 2.78. The molecule has 0 aliphatic rings. The summed E-state index contributed by atoms with van der Waals surface area (Å²) in [6.45, 7) is 0.292. The minimum absolute atomic E-state index is 0.0802. The lowest BCUT2D eigenvalue weighted by Crippen LogP contribution is -2.20. The van der Waals surface area contributed by atoms with Crippen LogP contribution >= 0.6 is 11.6 Å². The summed E-state index contributed by atoms with van der Waals surface area (Å²) < 4.78 is 1.34. The molecule has 0 fully saturated rings. The van der Waals surface area contributed by atoms with E-state index in [4.69, 9.17) is 16.7 Å². The molecule has 0 unspecified atom stereocenters. The van der Waals surface area contributed by atoms with Gasteiger partial charge in [0.15, 0.2) is 0 Å². The minimum atomic E-state index is -1.06. The third-order valence-electron chi connectivity index (χ3n) is 2.47. The Bertz CT molecular complexity index is 649. The number of carbonyl (C=O) groups is 1. The van der Waals surface area contributed by atoms with E-state index in [-0.39, 0.29) is 11.1 Å². The molecule has 5 heteroatoms. The molecule has 4 nitrogen and oxygen atoms in total. The first-order valence-corrected chi connectivity index (χ1v) is 5.62. The maximum Gasteiger partial charge on any atom is 0.337 e. The molecular weight excluding hydrogens is 254 g/mol. The molecule has 0 bridgehead atoms. The topological polar surface area (TPSA) is 59.3 Å². The summed E-state index contributed by atoms with van der Waals surface area (Å²) in [5.74, 6) is -1.06. The number of carboxylic acids is 1. The number of hydrogen-bond acceptors (Lipinski definition) is 2. The van der Waals surface area contributed by atoms with Gasteiger partial charge in [0, 0.05) is 17.3 Å². The Balaban J connectivity index is 2.37. The average molecular weight is 264 g/mol. The molecule has 1 aromatic heterocycles. The fraction of sp³-hybridized carbons (Fsp3) is 0.0769. The number of aromatic nitrogens is 1. The van der Waals surface area contributed by atoms with Gasteiger partial charge < -0.3 is 9.67 Å². The van der Waals surface area contributed by atoms with Gasteiger partial charge in [-0.1, -0.05) is 23.7 Å². The number of hydrogen-bond donors (Lipinski definition) is 1. The van der Waals surface area contributed by atoms with Gasteiger partial charge >= 0.3 is 5.97 Å². The van der Waals surface area contributed by atoms with Crippen molar-refractivity contribution in [1.82, 2.24) is 4.57 Å². The number of pyridine rings is 1. The molecule has 18 heavy (non-hydrogen) atoms. The van der Waals surface area contributed by atoms with Crippen molar-refractivity contribution < 1.29 is 9.90 Å². The highest BCUT2D eigenvalue weighted by Crippen LogP contribution is 2.11. The summed E-state index contributed by atoms with van der Waals surface area (Å²) in [6, 6.07) is 9.62. The van der Waals surface area contributed by atoms with Gasteiger partial charge in [0.1, 0.15) is 0 Å². The number of benzene rings is 1. The van der Waals surface area contributed by atoms with E-state index < -0.39 is 5.97 Å². The van der Waals surface area contributed by atoms with E-state index >= 15 is 0 Å². The van der Waals surface area contributed by atoms with Crippen molar-refractivity contribution in [2.24, 2.45) is 0 Å². The van der Waals surface area contributed by atoms with E-state index in [2.05, 4.69) is 0 Å². The van der Waals surface area contributed by atoms with Crippen LogP contribution in [0.25, 0.3) is 0 Å². The highest BCUT2D eigenvalue weighted by atomic mass is 35.5. The number of carboxylic acid groups (broad SMARTS) is 1. The van der Waals surface area contributed by atoms with Crippen LogP contribution in [0.1, 0.15) is 15.9 Å². The highest BCUT2D eigenvalue weighted by Gasteiger charge is 2.05. The Morgan fingerprint density at radius 1 is 1.28 bits per heavy atom. The first-order valence-electron chi connectivity index (χ1n) is 5.24. The predicted molar refractivity (Wildman–Crippen MR) is 68.2 cm³/mol. The van der Waals surface area contributed by atoms with Crippen molar-refractivity contribution in [3.05, 3.63) is 69.1 Å². The molecule has 0 saturated heterocycles. The summed E-state index contributed by atoms with van der Waals surface area (Å²) in [7, 11) is 0. The van der Waals surface area contributed by atoms with Crippen LogP contribution in [0, 0.1) is 0 Å². The molecular formula is C13H10ClNO3. The molecule has 0 aliphatic carbocycles. The van der Waals surface area contributed by atoms with Crippen LogP contribution in [0.15, 0.2) is 47.4 Å². The zero-order valence-corrected chi connectivity index (χ0v) is 10.1. The number of rotatable bonds is 3. The smallest absolute Gasteiger partial charge is 0.337 e. The van der Waals surface area contributed by atoms with Crippen LogP contribution in [0.2, 0.25) is 5.02 Å². The van der Waals surface area contributed by atoms with Crippen LogP contribution in [0.4, 0.5) is 0 Å². The first-order chi connectivity index (χ1) is 8.56. The lowest BCUT2D eigenvalue weighted by atomic mass is 10.2. The van der Waals surface area contributed by atoms with Crippen molar-refractivity contribution in [3.63, 3.8) is 0 Å². The summed E-state index contributed by atoms with van der Waals surface area (Å²) in [4.78, 5) is 22.5. The van der Waals surface area contributed by atoms with Gasteiger partial charge in [-0.3, -0.25) is 4.79 Å². The highest BCUT2D eigenvalue weighted by molar-refractivity contribution is 6.30. The summed E-state index contributed by atoms with van der Waals surface area (Å²) >= 11 is 5.85. The van der Waals surface area contributed by atoms with E-state index in [0.717, 1.165) is 5.56 Å². The van der Waals surface area contributed by atoms with Crippen molar-refractivity contribution in [3.8, 4) is 0 Å². The largest absolute Gasteiger partial charge is 0.478 e. The second kappa shape index (κ2) is 5.06. The molecule has 2 aromatic rings. The average Bonchev–Trinajstić information content (AvgIpc) is 2.31.